The Morgan fingerprint density at radius 3 is 2.77 bits per heavy atom. The van der Waals surface area contributed by atoms with Crippen molar-refractivity contribution in [2.45, 2.75) is 45.7 Å². The summed E-state index contributed by atoms with van der Waals surface area (Å²) in [6.07, 6.45) is 3.61. The van der Waals surface area contributed by atoms with Gasteiger partial charge in [-0.2, -0.15) is 0 Å². The molecule has 1 atom stereocenters. The maximum atomic E-state index is 12.1. The number of ether oxygens (including phenoxy) is 1. The molecule has 1 aliphatic heterocycles. The van der Waals surface area contributed by atoms with Crippen LogP contribution in [0, 0.1) is 12.8 Å². The highest BCUT2D eigenvalue weighted by atomic mass is 16.5. The smallest absolute Gasteiger partial charge is 0.234 e. The second-order valence-corrected chi connectivity index (χ2v) is 6.26. The SMILES string of the molecule is Cc1cccnc1C(NCC(=O)NC1CCOCC1)C(C)C. The van der Waals surface area contributed by atoms with Crippen molar-refractivity contribution in [3.8, 4) is 0 Å². The fourth-order valence-electron chi connectivity index (χ4n) is 2.79. The number of aryl methyl sites for hydroxylation is 1. The highest BCUT2D eigenvalue weighted by molar-refractivity contribution is 5.78. The number of amides is 1. The van der Waals surface area contributed by atoms with Gasteiger partial charge in [-0.05, 0) is 37.3 Å². The zero-order valence-corrected chi connectivity index (χ0v) is 13.8. The zero-order chi connectivity index (χ0) is 15.9. The Morgan fingerprint density at radius 1 is 1.41 bits per heavy atom. The summed E-state index contributed by atoms with van der Waals surface area (Å²) in [6.45, 7) is 8.13. The molecule has 1 unspecified atom stereocenters. The molecule has 1 amide bonds. The van der Waals surface area contributed by atoms with Gasteiger partial charge in [0.15, 0.2) is 0 Å². The molecule has 1 aromatic heterocycles. The first-order valence-electron chi connectivity index (χ1n) is 8.10. The van der Waals surface area contributed by atoms with Crippen molar-refractivity contribution in [3.63, 3.8) is 0 Å². The Kier molecular flexibility index (Phi) is 6.34. The molecule has 1 aliphatic rings. The lowest BCUT2D eigenvalue weighted by molar-refractivity contribution is -0.121. The van der Waals surface area contributed by atoms with E-state index in [1.165, 1.54) is 0 Å². The number of carbonyl (C=O) groups excluding carboxylic acids is 1. The van der Waals surface area contributed by atoms with E-state index in [-0.39, 0.29) is 18.0 Å². The number of pyridine rings is 1. The highest BCUT2D eigenvalue weighted by Gasteiger charge is 2.21. The second-order valence-electron chi connectivity index (χ2n) is 6.26. The molecule has 5 heteroatoms. The molecular formula is C17H27N3O2. The van der Waals surface area contributed by atoms with Crippen molar-refractivity contribution in [1.29, 1.82) is 0 Å². The fourth-order valence-corrected chi connectivity index (χ4v) is 2.79. The third kappa shape index (κ3) is 4.78. The Morgan fingerprint density at radius 2 is 2.14 bits per heavy atom. The molecule has 1 saturated heterocycles. The lowest BCUT2D eigenvalue weighted by Gasteiger charge is -2.25. The van der Waals surface area contributed by atoms with E-state index in [1.807, 2.05) is 12.3 Å². The van der Waals surface area contributed by atoms with E-state index >= 15 is 0 Å². The number of carbonyl (C=O) groups is 1. The van der Waals surface area contributed by atoms with Gasteiger partial charge in [0.25, 0.3) is 0 Å². The molecule has 2 N–H and O–H groups in total. The van der Waals surface area contributed by atoms with Crippen LogP contribution in [-0.2, 0) is 9.53 Å². The van der Waals surface area contributed by atoms with Gasteiger partial charge in [0, 0.05) is 25.5 Å². The van der Waals surface area contributed by atoms with Crippen LogP contribution in [0.1, 0.15) is 44.0 Å². The van der Waals surface area contributed by atoms with E-state index in [4.69, 9.17) is 4.74 Å². The Hall–Kier alpha value is -1.46. The van der Waals surface area contributed by atoms with Crippen LogP contribution in [-0.4, -0.2) is 36.7 Å². The van der Waals surface area contributed by atoms with Crippen molar-refractivity contribution in [1.82, 2.24) is 15.6 Å². The molecule has 2 rings (SSSR count). The standard InChI is InChI=1S/C17H27N3O2/c1-12(2)16(17-13(3)5-4-8-18-17)19-11-15(21)20-14-6-9-22-10-7-14/h4-5,8,12,14,16,19H,6-7,9-11H2,1-3H3,(H,20,21). The molecule has 0 aromatic carbocycles. The van der Waals surface area contributed by atoms with Crippen molar-refractivity contribution in [2.75, 3.05) is 19.8 Å². The molecule has 0 aliphatic carbocycles. The molecule has 0 radical (unpaired) electrons. The highest BCUT2D eigenvalue weighted by Crippen LogP contribution is 2.22. The number of nitrogens with zero attached hydrogens (tertiary/aromatic N) is 1. The summed E-state index contributed by atoms with van der Waals surface area (Å²) in [6, 6.07) is 4.33. The summed E-state index contributed by atoms with van der Waals surface area (Å²) in [5.41, 5.74) is 2.18. The number of nitrogens with one attached hydrogen (secondary N) is 2. The first-order chi connectivity index (χ1) is 10.6. The maximum Gasteiger partial charge on any atom is 0.234 e. The third-order valence-corrected chi connectivity index (χ3v) is 4.08. The van der Waals surface area contributed by atoms with E-state index in [9.17, 15) is 4.79 Å². The summed E-state index contributed by atoms with van der Waals surface area (Å²) >= 11 is 0. The van der Waals surface area contributed by atoms with Gasteiger partial charge in [-0.1, -0.05) is 19.9 Å². The summed E-state index contributed by atoms with van der Waals surface area (Å²) < 4.78 is 5.31. The van der Waals surface area contributed by atoms with Gasteiger partial charge in [0.1, 0.15) is 0 Å². The second kappa shape index (κ2) is 8.25. The molecule has 0 spiro atoms. The van der Waals surface area contributed by atoms with E-state index in [0.717, 1.165) is 37.3 Å². The quantitative estimate of drug-likeness (QED) is 0.843. The van der Waals surface area contributed by atoms with E-state index in [0.29, 0.717) is 12.5 Å². The van der Waals surface area contributed by atoms with Gasteiger partial charge < -0.3 is 10.1 Å². The van der Waals surface area contributed by atoms with Gasteiger partial charge in [0.05, 0.1) is 18.3 Å². The Balaban J connectivity index is 1.89. The van der Waals surface area contributed by atoms with Crippen molar-refractivity contribution >= 4 is 5.91 Å². The van der Waals surface area contributed by atoms with Crippen molar-refractivity contribution in [2.24, 2.45) is 5.92 Å². The lowest BCUT2D eigenvalue weighted by Crippen LogP contribution is -2.44. The predicted molar refractivity (Wildman–Crippen MR) is 86.5 cm³/mol. The first kappa shape index (κ1) is 16.9. The summed E-state index contributed by atoms with van der Waals surface area (Å²) in [7, 11) is 0. The Bertz CT molecular complexity index is 485. The zero-order valence-electron chi connectivity index (χ0n) is 13.8. The van der Waals surface area contributed by atoms with Crippen LogP contribution in [0.3, 0.4) is 0 Å². The van der Waals surface area contributed by atoms with E-state index in [2.05, 4.69) is 42.5 Å². The molecular weight excluding hydrogens is 278 g/mol. The molecule has 0 bridgehead atoms. The minimum atomic E-state index is 0.0473. The van der Waals surface area contributed by atoms with Crippen LogP contribution in [0.5, 0.6) is 0 Å². The van der Waals surface area contributed by atoms with Gasteiger partial charge in [-0.3, -0.25) is 15.1 Å². The average molecular weight is 305 g/mol. The van der Waals surface area contributed by atoms with Crippen LogP contribution >= 0.6 is 0 Å². The number of rotatable bonds is 6. The van der Waals surface area contributed by atoms with Crippen molar-refractivity contribution in [3.05, 3.63) is 29.6 Å². The van der Waals surface area contributed by atoms with Crippen LogP contribution in [0.25, 0.3) is 0 Å². The largest absolute Gasteiger partial charge is 0.381 e. The normalized spacial score (nSPS) is 17.5. The van der Waals surface area contributed by atoms with Crippen LogP contribution in [0.4, 0.5) is 0 Å². The molecule has 122 valence electrons. The van der Waals surface area contributed by atoms with E-state index in [1.54, 1.807) is 0 Å². The first-order valence-corrected chi connectivity index (χ1v) is 8.10. The third-order valence-electron chi connectivity index (χ3n) is 4.08. The van der Waals surface area contributed by atoms with Gasteiger partial charge in [-0.25, -0.2) is 0 Å². The molecule has 1 aromatic rings. The van der Waals surface area contributed by atoms with Gasteiger partial charge in [0.2, 0.25) is 5.91 Å². The Labute approximate surface area is 132 Å². The number of hydrogen-bond acceptors (Lipinski definition) is 4. The summed E-state index contributed by atoms with van der Waals surface area (Å²) in [4.78, 5) is 16.6. The van der Waals surface area contributed by atoms with Crippen LogP contribution in [0.15, 0.2) is 18.3 Å². The minimum Gasteiger partial charge on any atom is -0.381 e. The van der Waals surface area contributed by atoms with Crippen molar-refractivity contribution < 1.29 is 9.53 Å². The predicted octanol–water partition coefficient (Wildman–Crippen LogP) is 1.97. The van der Waals surface area contributed by atoms with E-state index < -0.39 is 0 Å². The molecule has 5 nitrogen and oxygen atoms in total. The molecule has 1 fully saturated rings. The summed E-state index contributed by atoms with van der Waals surface area (Å²) in [5, 5.41) is 6.44. The molecule has 0 saturated carbocycles. The average Bonchev–Trinajstić information content (AvgIpc) is 2.50. The topological polar surface area (TPSA) is 63.2 Å². The van der Waals surface area contributed by atoms with Gasteiger partial charge >= 0.3 is 0 Å². The fraction of sp³-hybridized carbons (Fsp3) is 0.647. The minimum absolute atomic E-state index is 0.0473. The number of hydrogen-bond donors (Lipinski definition) is 2. The number of aromatic nitrogens is 1. The monoisotopic (exact) mass is 305 g/mol. The lowest BCUT2D eigenvalue weighted by atomic mass is 9.97. The summed E-state index contributed by atoms with van der Waals surface area (Å²) in [5.74, 6) is 0.413. The van der Waals surface area contributed by atoms with Crippen LogP contribution in [0.2, 0.25) is 0 Å². The molecule has 22 heavy (non-hydrogen) atoms. The van der Waals surface area contributed by atoms with Crippen LogP contribution < -0.4 is 10.6 Å². The van der Waals surface area contributed by atoms with Gasteiger partial charge in [-0.15, -0.1) is 0 Å². The molecule has 2 heterocycles. The maximum absolute atomic E-state index is 12.1.